The molecule has 0 aromatic rings. The zero-order chi connectivity index (χ0) is 20.3. The van der Waals surface area contributed by atoms with Gasteiger partial charge in [0.1, 0.15) is 36.6 Å². The van der Waals surface area contributed by atoms with Crippen LogP contribution in [0.25, 0.3) is 0 Å². The highest BCUT2D eigenvalue weighted by molar-refractivity contribution is 5.02. The van der Waals surface area contributed by atoms with Gasteiger partial charge < -0.3 is 28.4 Å². The summed E-state index contributed by atoms with van der Waals surface area (Å²) in [6, 6.07) is 0. The van der Waals surface area contributed by atoms with Crippen molar-refractivity contribution in [2.45, 2.75) is 121 Å². The molecule has 1 spiro atoms. The molecule has 10 heteroatoms. The molecule has 0 aromatic heterocycles. The normalized spacial score (nSPS) is 59.4. The van der Waals surface area contributed by atoms with Gasteiger partial charge in [0.2, 0.25) is 0 Å². The maximum Gasteiger partial charge on any atom is 0.414 e. The Morgan fingerprint density at radius 1 is 0.448 bits per heavy atom. The van der Waals surface area contributed by atoms with Crippen LogP contribution in [-0.2, 0) is 47.4 Å². The van der Waals surface area contributed by atoms with Crippen LogP contribution in [0.3, 0.4) is 0 Å². The largest absolute Gasteiger partial charge is 0.414 e. The summed E-state index contributed by atoms with van der Waals surface area (Å²) in [5.41, 5.74) is 0. The van der Waals surface area contributed by atoms with Gasteiger partial charge in [-0.3, -0.25) is 18.9 Å². The molecule has 6 aliphatic heterocycles. The molecular formula is C19H28O10. The Hall–Kier alpha value is -0.400. The van der Waals surface area contributed by atoms with E-state index in [-0.39, 0.29) is 24.4 Å². The molecule has 0 N–H and O–H groups in total. The molecule has 0 aliphatic carbocycles. The number of rotatable bonds is 0. The van der Waals surface area contributed by atoms with E-state index in [0.717, 1.165) is 0 Å². The van der Waals surface area contributed by atoms with Crippen molar-refractivity contribution in [2.24, 2.45) is 0 Å². The van der Waals surface area contributed by atoms with Gasteiger partial charge in [-0.2, -0.15) is 0 Å². The van der Waals surface area contributed by atoms with Crippen molar-refractivity contribution in [3.63, 3.8) is 0 Å². The summed E-state index contributed by atoms with van der Waals surface area (Å²) >= 11 is 0. The summed E-state index contributed by atoms with van der Waals surface area (Å²) in [7, 11) is 0. The molecule has 0 radical (unpaired) electrons. The maximum absolute atomic E-state index is 6.25. The highest BCUT2D eigenvalue weighted by Gasteiger charge is 2.68. The molecule has 6 saturated heterocycles. The molecule has 29 heavy (non-hydrogen) atoms. The molecule has 0 unspecified atom stereocenters. The summed E-state index contributed by atoms with van der Waals surface area (Å²) in [5, 5.41) is 0. The lowest BCUT2D eigenvalue weighted by Gasteiger charge is -2.49. The molecule has 164 valence electrons. The molecule has 0 bridgehead atoms. The van der Waals surface area contributed by atoms with Crippen molar-refractivity contribution in [1.29, 1.82) is 0 Å². The zero-order valence-corrected chi connectivity index (χ0v) is 17.4. The molecule has 10 nitrogen and oxygen atoms in total. The van der Waals surface area contributed by atoms with Crippen LogP contribution in [-0.4, -0.2) is 79.1 Å². The lowest BCUT2D eigenvalue weighted by Crippen LogP contribution is -2.66. The molecule has 0 saturated carbocycles. The Bertz CT molecular complexity index is 638. The van der Waals surface area contributed by atoms with Gasteiger partial charge >= 0.3 is 6.16 Å². The smallest absolute Gasteiger partial charge is 0.341 e. The minimum Gasteiger partial charge on any atom is -0.341 e. The van der Waals surface area contributed by atoms with Crippen molar-refractivity contribution in [3.05, 3.63) is 0 Å². The van der Waals surface area contributed by atoms with Gasteiger partial charge in [0.15, 0.2) is 24.2 Å². The quantitative estimate of drug-likeness (QED) is 0.568. The Morgan fingerprint density at radius 3 is 1.28 bits per heavy atom. The number of hydrogen-bond acceptors (Lipinski definition) is 10. The van der Waals surface area contributed by atoms with Gasteiger partial charge in [0, 0.05) is 0 Å². The first-order chi connectivity index (χ1) is 13.5. The van der Waals surface area contributed by atoms with Crippen molar-refractivity contribution in [2.75, 3.05) is 0 Å². The second-order valence-corrected chi connectivity index (χ2v) is 9.45. The van der Waals surface area contributed by atoms with Crippen molar-refractivity contribution in [1.82, 2.24) is 0 Å². The van der Waals surface area contributed by atoms with Crippen LogP contribution in [0, 0.1) is 0 Å². The Morgan fingerprint density at radius 2 is 0.862 bits per heavy atom. The summed E-state index contributed by atoms with van der Waals surface area (Å²) in [6.07, 6.45) is -5.95. The molecule has 6 fully saturated rings. The van der Waals surface area contributed by atoms with E-state index in [1.165, 1.54) is 0 Å². The van der Waals surface area contributed by atoms with Crippen LogP contribution < -0.4 is 0 Å². The minimum absolute atomic E-state index is 0.357. The van der Waals surface area contributed by atoms with E-state index in [1.54, 1.807) is 0 Å². The van der Waals surface area contributed by atoms with Crippen LogP contribution in [0.5, 0.6) is 0 Å². The second-order valence-electron chi connectivity index (χ2n) is 9.45. The third kappa shape index (κ3) is 2.85. The molecular weight excluding hydrogens is 388 g/mol. The fraction of sp³-hybridized carbons (Fsp3) is 1.00. The molecule has 6 rings (SSSR count). The SMILES string of the molecule is C[C@H]1OC2(O[C@@H]3[C@H]4OC(C)(C)O[C@H]4O[C@@H]31)O[C@@H]1[C@H]3OC(C)(C)O[C@H]3O[C@@H]1[C@@H](C)O2. The van der Waals surface area contributed by atoms with Gasteiger partial charge in [-0.05, 0) is 41.5 Å². The fourth-order valence-corrected chi connectivity index (χ4v) is 5.12. The van der Waals surface area contributed by atoms with Crippen LogP contribution in [0.4, 0.5) is 0 Å². The van der Waals surface area contributed by atoms with E-state index in [4.69, 9.17) is 47.4 Å². The Labute approximate surface area is 168 Å². The lowest BCUT2D eigenvalue weighted by atomic mass is 10.0. The number of fused-ring (bicyclic) bond motifs is 6. The summed E-state index contributed by atoms with van der Waals surface area (Å²) < 4.78 is 60.4. The predicted octanol–water partition coefficient (Wildman–Crippen LogP) is 0.958. The maximum atomic E-state index is 6.25. The third-order valence-electron chi connectivity index (χ3n) is 6.20. The fourth-order valence-electron chi connectivity index (χ4n) is 5.12. The molecule has 10 atom stereocenters. The second kappa shape index (κ2) is 5.89. The first kappa shape index (κ1) is 19.3. The minimum atomic E-state index is -1.70. The topological polar surface area (TPSA) is 92.3 Å². The van der Waals surface area contributed by atoms with Gasteiger partial charge in [0.25, 0.3) is 0 Å². The van der Waals surface area contributed by atoms with Gasteiger partial charge in [-0.25, -0.2) is 0 Å². The first-order valence-corrected chi connectivity index (χ1v) is 10.3. The molecule has 6 aliphatic rings. The third-order valence-corrected chi connectivity index (χ3v) is 6.20. The molecule has 0 amide bonds. The molecule has 0 aromatic carbocycles. The van der Waals surface area contributed by atoms with Gasteiger partial charge in [0.05, 0.1) is 12.2 Å². The van der Waals surface area contributed by atoms with Crippen LogP contribution in [0.2, 0.25) is 0 Å². The van der Waals surface area contributed by atoms with Crippen LogP contribution >= 0.6 is 0 Å². The Balaban J connectivity index is 1.26. The highest BCUT2D eigenvalue weighted by atomic mass is 17.0. The van der Waals surface area contributed by atoms with E-state index in [1.807, 2.05) is 41.5 Å². The highest BCUT2D eigenvalue weighted by Crippen LogP contribution is 2.50. The van der Waals surface area contributed by atoms with E-state index in [0.29, 0.717) is 0 Å². The number of ether oxygens (including phenoxy) is 10. The molecule has 6 heterocycles. The van der Waals surface area contributed by atoms with E-state index in [9.17, 15) is 0 Å². The van der Waals surface area contributed by atoms with Crippen molar-refractivity contribution >= 4 is 0 Å². The monoisotopic (exact) mass is 416 g/mol. The summed E-state index contributed by atoms with van der Waals surface area (Å²) in [6.45, 7) is 11.2. The number of hydrogen-bond donors (Lipinski definition) is 0. The van der Waals surface area contributed by atoms with E-state index in [2.05, 4.69) is 0 Å². The van der Waals surface area contributed by atoms with E-state index < -0.39 is 54.7 Å². The predicted molar refractivity (Wildman–Crippen MR) is 91.0 cm³/mol. The first-order valence-electron chi connectivity index (χ1n) is 10.3. The lowest BCUT2D eigenvalue weighted by molar-refractivity contribution is -0.577. The standard InChI is InChI=1S/C19H28O10/c1-7-9-11(13-15(20-9)28-17(3,4)24-13)26-19(22-7)23-8(2)10-12(27-19)14-16(21-10)29-18(5,6)25-14/h7-16H,1-6H3/t7-,8-,9-,10-,11+,12+,13-,14-,15-,16-,19?/m1/s1. The Kier molecular flexibility index (Phi) is 3.92. The van der Waals surface area contributed by atoms with Crippen molar-refractivity contribution in [3.8, 4) is 0 Å². The van der Waals surface area contributed by atoms with E-state index >= 15 is 0 Å². The van der Waals surface area contributed by atoms with Gasteiger partial charge in [-0.1, -0.05) is 0 Å². The van der Waals surface area contributed by atoms with Gasteiger partial charge in [-0.15, -0.1) is 0 Å². The zero-order valence-electron chi connectivity index (χ0n) is 17.4. The summed E-state index contributed by atoms with van der Waals surface area (Å²) in [4.78, 5) is 0. The van der Waals surface area contributed by atoms with Crippen LogP contribution in [0.15, 0.2) is 0 Å². The van der Waals surface area contributed by atoms with Crippen molar-refractivity contribution < 1.29 is 47.4 Å². The van der Waals surface area contributed by atoms with Crippen LogP contribution in [0.1, 0.15) is 41.5 Å². The average molecular weight is 416 g/mol. The summed E-state index contributed by atoms with van der Waals surface area (Å²) in [5.74, 6) is -1.50. The average Bonchev–Trinajstić information content (AvgIpc) is 3.25.